The van der Waals surface area contributed by atoms with Crippen LogP contribution in [0.25, 0.3) is 10.9 Å². The van der Waals surface area contributed by atoms with Gasteiger partial charge in [-0.25, -0.2) is 25.7 Å². The van der Waals surface area contributed by atoms with Crippen molar-refractivity contribution >= 4 is 28.4 Å². The summed E-state index contributed by atoms with van der Waals surface area (Å²) in [6.07, 6.45) is 6.89. The first-order valence-electron chi connectivity index (χ1n) is 18.3. The SMILES string of the molecule is C/C(N)=N/NN.CC.CC1CCC1.CCC(C)C.COc1ccc(CCCn2c(C)nc3cc(N=C(N)N4CCNCC4)ccc3c2=O)c(F)c1. The summed E-state index contributed by atoms with van der Waals surface area (Å²) in [5, 5.41) is 7.15. The lowest BCUT2D eigenvalue weighted by molar-refractivity contribution is 0.346. The van der Waals surface area contributed by atoms with E-state index in [1.54, 1.807) is 48.7 Å². The van der Waals surface area contributed by atoms with Crippen molar-refractivity contribution in [2.45, 2.75) is 100 Å². The van der Waals surface area contributed by atoms with Crippen molar-refractivity contribution in [3.8, 4) is 5.75 Å². The Kier molecular flexibility index (Phi) is 21.8. The Morgan fingerprint density at radius 3 is 2.24 bits per heavy atom. The van der Waals surface area contributed by atoms with Crippen LogP contribution in [0.15, 0.2) is 51.3 Å². The molecule has 0 radical (unpaired) electrons. The maximum Gasteiger partial charge on any atom is 0.261 e. The topological polar surface area (TPSA) is 174 Å². The number of hydrazone groups is 1. The molecule has 0 amide bonds. The number of ether oxygens (including phenoxy) is 1. The zero-order chi connectivity index (χ0) is 38.3. The molecule has 2 heterocycles. The summed E-state index contributed by atoms with van der Waals surface area (Å²) in [6.45, 7) is 20.2. The molecule has 2 aliphatic rings. The molecule has 1 saturated heterocycles. The van der Waals surface area contributed by atoms with Gasteiger partial charge in [0.05, 0.1) is 23.7 Å². The van der Waals surface area contributed by atoms with Crippen LogP contribution < -0.4 is 38.5 Å². The number of aliphatic imine (C=N–C) groups is 1. The minimum Gasteiger partial charge on any atom is -0.497 e. The fourth-order valence-corrected chi connectivity index (χ4v) is 4.75. The number of benzene rings is 2. The van der Waals surface area contributed by atoms with Crippen molar-refractivity contribution in [1.29, 1.82) is 0 Å². The predicted octanol–water partition coefficient (Wildman–Crippen LogP) is 5.96. The molecule has 51 heavy (non-hydrogen) atoms. The quantitative estimate of drug-likeness (QED) is 0.0817. The molecule has 1 aromatic heterocycles. The molecular formula is C38H65FN10O2. The number of nitrogens with zero attached hydrogens (tertiary/aromatic N) is 5. The monoisotopic (exact) mass is 713 g/mol. The van der Waals surface area contributed by atoms with E-state index in [1.165, 1.54) is 38.9 Å². The lowest BCUT2D eigenvalue weighted by atomic mass is 9.88. The molecule has 0 unspecified atom stereocenters. The number of hydrogen-bond donors (Lipinski definition) is 5. The molecule has 286 valence electrons. The lowest BCUT2D eigenvalue weighted by Gasteiger charge is -2.28. The minimum atomic E-state index is -0.303. The zero-order valence-corrected chi connectivity index (χ0v) is 32.6. The van der Waals surface area contributed by atoms with E-state index in [9.17, 15) is 9.18 Å². The van der Waals surface area contributed by atoms with Gasteiger partial charge in [-0.05, 0) is 68.4 Å². The Morgan fingerprint density at radius 1 is 1.14 bits per heavy atom. The first-order chi connectivity index (χ1) is 24.4. The number of methoxy groups -OCH3 is 1. The van der Waals surface area contributed by atoms with Crippen molar-refractivity contribution in [3.63, 3.8) is 0 Å². The van der Waals surface area contributed by atoms with E-state index in [0.717, 1.165) is 38.0 Å². The highest BCUT2D eigenvalue weighted by atomic mass is 19.1. The summed E-state index contributed by atoms with van der Waals surface area (Å²) < 4.78 is 20.9. The first kappa shape index (κ1) is 44.8. The third-order valence-electron chi connectivity index (χ3n) is 8.35. The number of rotatable bonds is 8. The second kappa shape index (κ2) is 24.8. The van der Waals surface area contributed by atoms with Crippen molar-refractivity contribution < 1.29 is 9.13 Å². The van der Waals surface area contributed by atoms with E-state index < -0.39 is 0 Å². The fraction of sp³-hybridized carbons (Fsp3) is 0.579. The smallest absolute Gasteiger partial charge is 0.261 e. The number of amidine groups is 1. The van der Waals surface area contributed by atoms with Crippen LogP contribution in [0.5, 0.6) is 5.75 Å². The van der Waals surface area contributed by atoms with Gasteiger partial charge in [-0.2, -0.15) is 5.10 Å². The standard InChI is InChI=1S/C24H29FN6O2.C5H10.C5H12.C2H8N4.C2H6/c1-16-28-22-14-18(29-24(26)30-12-9-27-10-13-30)6-8-20(22)23(32)31(16)11-3-4-17-5-7-19(33-2)15-21(17)25;1-5-3-2-4-5;1-4-5(2)3;1-2(3)5-6-4;1-2/h5-8,14-15,27H,3-4,9-13H2,1-2H3,(H2,26,29);5H,2-4H2,1H3;5H,4H2,1-3H3;6H,4H2,1H3,(H2,3,5);1-2H3. The van der Waals surface area contributed by atoms with E-state index in [1.807, 2.05) is 24.3 Å². The van der Waals surface area contributed by atoms with Gasteiger partial charge < -0.3 is 26.4 Å². The molecule has 2 fully saturated rings. The van der Waals surface area contributed by atoms with Crippen LogP contribution in [-0.2, 0) is 13.0 Å². The molecular weight excluding hydrogens is 647 g/mol. The van der Waals surface area contributed by atoms with E-state index in [-0.39, 0.29) is 11.4 Å². The van der Waals surface area contributed by atoms with Crippen LogP contribution in [0, 0.1) is 24.6 Å². The Balaban J connectivity index is 0.000000593. The number of hydrogen-bond acceptors (Lipinski definition) is 8. The Morgan fingerprint density at radius 2 is 1.76 bits per heavy atom. The summed E-state index contributed by atoms with van der Waals surface area (Å²) in [7, 11) is 1.51. The molecule has 2 aromatic carbocycles. The highest BCUT2D eigenvalue weighted by Gasteiger charge is 2.13. The van der Waals surface area contributed by atoms with Crippen LogP contribution >= 0.6 is 0 Å². The summed E-state index contributed by atoms with van der Waals surface area (Å²) in [4.78, 5) is 24.2. The summed E-state index contributed by atoms with van der Waals surface area (Å²) in [5.74, 6) is 8.35. The largest absolute Gasteiger partial charge is 0.497 e. The van der Waals surface area contributed by atoms with Crippen LogP contribution in [0.1, 0.15) is 92.0 Å². The summed E-state index contributed by atoms with van der Waals surface area (Å²) in [6, 6.07) is 10.1. The third-order valence-corrected chi connectivity index (χ3v) is 8.35. The van der Waals surface area contributed by atoms with Crippen LogP contribution in [-0.4, -0.2) is 59.5 Å². The highest BCUT2D eigenvalue weighted by Crippen LogP contribution is 2.24. The minimum absolute atomic E-state index is 0.113. The molecule has 1 aliphatic carbocycles. The zero-order valence-electron chi connectivity index (χ0n) is 32.6. The molecule has 1 aliphatic heterocycles. The molecule has 8 N–H and O–H groups in total. The Hall–Kier alpha value is -4.23. The van der Waals surface area contributed by atoms with Crippen LogP contribution in [0.3, 0.4) is 0 Å². The highest BCUT2D eigenvalue weighted by molar-refractivity contribution is 5.85. The first-order valence-corrected chi connectivity index (χ1v) is 18.3. The molecule has 5 rings (SSSR count). The Bertz CT molecular complexity index is 1540. The molecule has 0 bridgehead atoms. The van der Waals surface area contributed by atoms with E-state index in [2.05, 4.69) is 48.1 Å². The second-order valence-corrected chi connectivity index (χ2v) is 12.8. The van der Waals surface area contributed by atoms with Crippen molar-refractivity contribution in [2.75, 3.05) is 33.3 Å². The molecule has 12 nitrogen and oxygen atoms in total. The van der Waals surface area contributed by atoms with Gasteiger partial charge in [0, 0.05) is 38.8 Å². The average Bonchev–Trinajstić information content (AvgIpc) is 3.11. The number of halogens is 1. The number of piperazine rings is 1. The maximum absolute atomic E-state index is 14.2. The van der Waals surface area contributed by atoms with Crippen LogP contribution in [0.2, 0.25) is 0 Å². The number of nitrogens with two attached hydrogens (primary N) is 3. The number of guanidine groups is 1. The molecule has 13 heteroatoms. The summed E-state index contributed by atoms with van der Waals surface area (Å²) in [5.41, 5.74) is 14.9. The second-order valence-electron chi connectivity index (χ2n) is 12.8. The van der Waals surface area contributed by atoms with Gasteiger partial charge in [-0.3, -0.25) is 9.36 Å². The van der Waals surface area contributed by atoms with E-state index in [4.69, 9.17) is 22.0 Å². The van der Waals surface area contributed by atoms with Gasteiger partial charge in [0.1, 0.15) is 23.2 Å². The normalized spacial score (nSPS) is 14.4. The van der Waals surface area contributed by atoms with E-state index in [0.29, 0.717) is 64.9 Å². The fourth-order valence-electron chi connectivity index (χ4n) is 4.75. The predicted molar refractivity (Wildman–Crippen MR) is 212 cm³/mol. The van der Waals surface area contributed by atoms with E-state index >= 15 is 0 Å². The average molecular weight is 713 g/mol. The van der Waals surface area contributed by atoms with Gasteiger partial charge in [0.2, 0.25) is 0 Å². The van der Waals surface area contributed by atoms with Gasteiger partial charge in [-0.1, -0.05) is 73.3 Å². The molecule has 3 aromatic rings. The number of hydrazine groups is 1. The van der Waals surface area contributed by atoms with Crippen molar-refractivity contribution in [2.24, 2.45) is 39.2 Å². The number of aromatic nitrogens is 2. The van der Waals surface area contributed by atoms with Crippen molar-refractivity contribution in [3.05, 3.63) is 64.0 Å². The molecule has 0 atom stereocenters. The van der Waals surface area contributed by atoms with Gasteiger partial charge >= 0.3 is 0 Å². The summed E-state index contributed by atoms with van der Waals surface area (Å²) >= 11 is 0. The van der Waals surface area contributed by atoms with Crippen LogP contribution in [0.4, 0.5) is 10.1 Å². The third kappa shape index (κ3) is 16.6. The molecule has 1 saturated carbocycles. The lowest BCUT2D eigenvalue weighted by Crippen LogP contribution is -2.49. The number of aryl methyl sites for hydroxylation is 2. The van der Waals surface area contributed by atoms with Gasteiger partial charge in [0.15, 0.2) is 5.96 Å². The number of nitrogens with one attached hydrogen (secondary N) is 2. The van der Waals surface area contributed by atoms with Crippen molar-refractivity contribution in [1.82, 2.24) is 25.3 Å². The Labute approximate surface area is 305 Å². The maximum atomic E-state index is 14.2. The number of fused-ring (bicyclic) bond motifs is 1. The van der Waals surface area contributed by atoms with Gasteiger partial charge in [0.25, 0.3) is 5.56 Å². The van der Waals surface area contributed by atoms with Gasteiger partial charge in [-0.15, -0.1) is 0 Å². The molecule has 0 spiro atoms.